The Morgan fingerprint density at radius 1 is 1.38 bits per heavy atom. The van der Waals surface area contributed by atoms with Crippen molar-refractivity contribution in [1.29, 1.82) is 0 Å². The highest BCUT2D eigenvalue weighted by atomic mass is 32.1. The van der Waals surface area contributed by atoms with Gasteiger partial charge in [0.15, 0.2) is 0 Å². The first-order chi connectivity index (χ1) is 11.5. The quantitative estimate of drug-likeness (QED) is 0.924. The van der Waals surface area contributed by atoms with E-state index in [9.17, 15) is 19.1 Å². The number of carboxylic acid groups (broad SMARTS) is 1. The lowest BCUT2D eigenvalue weighted by molar-refractivity contribution is -0.144. The molecule has 1 amide bonds. The maximum absolute atomic E-state index is 13.8. The third kappa shape index (κ3) is 3.03. The summed E-state index contributed by atoms with van der Waals surface area (Å²) in [6.07, 6.45) is 2.67. The summed E-state index contributed by atoms with van der Waals surface area (Å²) in [6.45, 7) is 2.28. The first-order valence-corrected chi connectivity index (χ1v) is 8.55. The van der Waals surface area contributed by atoms with Gasteiger partial charge in [0.1, 0.15) is 15.7 Å². The normalized spacial score (nSPS) is 20.8. The Labute approximate surface area is 142 Å². The van der Waals surface area contributed by atoms with Gasteiger partial charge in [0.25, 0.3) is 5.91 Å². The summed E-state index contributed by atoms with van der Waals surface area (Å²) in [5.74, 6) is -2.06. The fourth-order valence-electron chi connectivity index (χ4n) is 3.03. The third-order valence-electron chi connectivity index (χ3n) is 4.39. The summed E-state index contributed by atoms with van der Waals surface area (Å²) in [5, 5.41) is 9.71. The Kier molecular flexibility index (Phi) is 4.62. The van der Waals surface area contributed by atoms with E-state index in [1.54, 1.807) is 30.0 Å². The molecule has 1 aliphatic rings. The molecule has 2 heterocycles. The van der Waals surface area contributed by atoms with Crippen LogP contribution in [0.15, 0.2) is 30.5 Å². The molecule has 2 aromatic rings. The van der Waals surface area contributed by atoms with E-state index in [1.807, 2.05) is 0 Å². The molecule has 1 aromatic carbocycles. The molecule has 0 unspecified atom stereocenters. The summed E-state index contributed by atoms with van der Waals surface area (Å²) in [4.78, 5) is 30.2. The van der Waals surface area contributed by atoms with Gasteiger partial charge in [-0.3, -0.25) is 9.59 Å². The SMILES string of the molecule is C[C@@H]1[C@H](C(=O)O)CCCN1C(=O)c1cnc(-c2ccccc2F)s1. The fraction of sp³-hybridized carbons (Fsp3) is 0.353. The molecule has 3 rings (SSSR count). The molecule has 1 fully saturated rings. The van der Waals surface area contributed by atoms with Crippen LogP contribution in [0, 0.1) is 11.7 Å². The predicted molar refractivity (Wildman–Crippen MR) is 88.4 cm³/mol. The summed E-state index contributed by atoms with van der Waals surface area (Å²) >= 11 is 1.12. The van der Waals surface area contributed by atoms with Crippen molar-refractivity contribution in [2.24, 2.45) is 5.92 Å². The molecule has 1 N–H and O–H groups in total. The number of likely N-dealkylation sites (tertiary alicyclic amines) is 1. The average molecular weight is 348 g/mol. The second kappa shape index (κ2) is 6.68. The van der Waals surface area contributed by atoms with Crippen molar-refractivity contribution in [3.05, 3.63) is 41.2 Å². The summed E-state index contributed by atoms with van der Waals surface area (Å²) in [5.41, 5.74) is 0.358. The Morgan fingerprint density at radius 2 is 2.12 bits per heavy atom. The van der Waals surface area contributed by atoms with Crippen LogP contribution in [0.3, 0.4) is 0 Å². The minimum atomic E-state index is -0.878. The molecule has 1 aromatic heterocycles. The number of nitrogens with zero attached hydrogens (tertiary/aromatic N) is 2. The number of piperidine rings is 1. The molecule has 0 radical (unpaired) electrons. The predicted octanol–water partition coefficient (Wildman–Crippen LogP) is 3.27. The first kappa shape index (κ1) is 16.6. The van der Waals surface area contributed by atoms with Gasteiger partial charge < -0.3 is 10.0 Å². The van der Waals surface area contributed by atoms with Gasteiger partial charge in [-0.1, -0.05) is 12.1 Å². The zero-order valence-corrected chi connectivity index (χ0v) is 13.9. The Balaban J connectivity index is 1.84. The van der Waals surface area contributed by atoms with E-state index < -0.39 is 11.9 Å². The van der Waals surface area contributed by atoms with Crippen LogP contribution in [0.5, 0.6) is 0 Å². The number of rotatable bonds is 3. The van der Waals surface area contributed by atoms with Crippen molar-refractivity contribution in [3.8, 4) is 10.6 Å². The second-order valence-electron chi connectivity index (χ2n) is 5.84. The zero-order valence-electron chi connectivity index (χ0n) is 13.1. The highest BCUT2D eigenvalue weighted by molar-refractivity contribution is 7.16. The summed E-state index contributed by atoms with van der Waals surface area (Å²) in [6, 6.07) is 5.91. The summed E-state index contributed by atoms with van der Waals surface area (Å²) in [7, 11) is 0. The number of aliphatic carboxylic acids is 1. The monoisotopic (exact) mass is 348 g/mol. The van der Waals surface area contributed by atoms with Crippen LogP contribution in [0.2, 0.25) is 0 Å². The molecule has 2 atom stereocenters. The van der Waals surface area contributed by atoms with E-state index in [4.69, 9.17) is 0 Å². The van der Waals surface area contributed by atoms with Crippen molar-refractivity contribution >= 4 is 23.2 Å². The maximum atomic E-state index is 13.8. The number of aromatic nitrogens is 1. The van der Waals surface area contributed by atoms with Crippen LogP contribution in [-0.2, 0) is 4.79 Å². The van der Waals surface area contributed by atoms with Gasteiger partial charge in [-0.2, -0.15) is 0 Å². The van der Waals surface area contributed by atoms with E-state index >= 15 is 0 Å². The third-order valence-corrected chi connectivity index (χ3v) is 5.41. The van der Waals surface area contributed by atoms with Crippen molar-refractivity contribution in [2.75, 3.05) is 6.54 Å². The molecule has 0 bridgehead atoms. The van der Waals surface area contributed by atoms with E-state index in [-0.39, 0.29) is 17.8 Å². The summed E-state index contributed by atoms with van der Waals surface area (Å²) < 4.78 is 13.8. The molecular weight excluding hydrogens is 331 g/mol. The van der Waals surface area contributed by atoms with Crippen LogP contribution >= 0.6 is 11.3 Å². The van der Waals surface area contributed by atoms with Crippen molar-refractivity contribution < 1.29 is 19.1 Å². The van der Waals surface area contributed by atoms with E-state index in [0.717, 1.165) is 11.3 Å². The maximum Gasteiger partial charge on any atom is 0.308 e. The number of thiazole rings is 1. The lowest BCUT2D eigenvalue weighted by Crippen LogP contribution is -2.48. The number of amides is 1. The van der Waals surface area contributed by atoms with E-state index in [0.29, 0.717) is 34.8 Å². The largest absolute Gasteiger partial charge is 0.481 e. The van der Waals surface area contributed by atoms with E-state index in [2.05, 4.69) is 4.98 Å². The molecule has 24 heavy (non-hydrogen) atoms. The number of benzene rings is 1. The van der Waals surface area contributed by atoms with Gasteiger partial charge in [-0.25, -0.2) is 9.37 Å². The Morgan fingerprint density at radius 3 is 2.83 bits per heavy atom. The van der Waals surface area contributed by atoms with Crippen molar-refractivity contribution in [2.45, 2.75) is 25.8 Å². The number of halogens is 1. The highest BCUT2D eigenvalue weighted by Crippen LogP contribution is 2.30. The average Bonchev–Trinajstić information content (AvgIpc) is 3.04. The number of carboxylic acids is 1. The minimum Gasteiger partial charge on any atom is -0.481 e. The topological polar surface area (TPSA) is 70.5 Å². The molecule has 0 aliphatic carbocycles. The molecule has 126 valence electrons. The Hall–Kier alpha value is -2.28. The molecule has 0 spiro atoms. The van der Waals surface area contributed by atoms with Crippen molar-refractivity contribution in [1.82, 2.24) is 9.88 Å². The van der Waals surface area contributed by atoms with Crippen LogP contribution in [0.25, 0.3) is 10.6 Å². The van der Waals surface area contributed by atoms with Gasteiger partial charge in [-0.05, 0) is 31.9 Å². The van der Waals surface area contributed by atoms with Crippen molar-refractivity contribution in [3.63, 3.8) is 0 Å². The number of hydrogen-bond donors (Lipinski definition) is 1. The Bertz CT molecular complexity index is 777. The molecule has 0 saturated carbocycles. The van der Waals surface area contributed by atoms with Gasteiger partial charge in [0, 0.05) is 18.2 Å². The molecular formula is C17H17FN2O3S. The van der Waals surface area contributed by atoms with Gasteiger partial charge >= 0.3 is 5.97 Å². The van der Waals surface area contributed by atoms with Crippen LogP contribution in [0.4, 0.5) is 4.39 Å². The fourth-order valence-corrected chi connectivity index (χ4v) is 3.93. The van der Waals surface area contributed by atoms with Crippen LogP contribution in [0.1, 0.15) is 29.4 Å². The van der Waals surface area contributed by atoms with Gasteiger partial charge in [0.2, 0.25) is 0 Å². The highest BCUT2D eigenvalue weighted by Gasteiger charge is 2.36. The van der Waals surface area contributed by atoms with Gasteiger partial charge in [0.05, 0.1) is 12.1 Å². The number of carbonyl (C=O) groups is 2. The zero-order chi connectivity index (χ0) is 17.3. The molecule has 1 aliphatic heterocycles. The number of hydrogen-bond acceptors (Lipinski definition) is 4. The first-order valence-electron chi connectivity index (χ1n) is 7.73. The number of carbonyl (C=O) groups excluding carboxylic acids is 1. The smallest absolute Gasteiger partial charge is 0.308 e. The van der Waals surface area contributed by atoms with Crippen LogP contribution < -0.4 is 0 Å². The minimum absolute atomic E-state index is 0.242. The second-order valence-corrected chi connectivity index (χ2v) is 6.87. The van der Waals surface area contributed by atoms with E-state index in [1.165, 1.54) is 12.3 Å². The molecule has 7 heteroatoms. The standard InChI is InChI=1S/C17H17FN2O3S/c1-10-11(17(22)23)6-4-8-20(10)16(21)14-9-19-15(24-14)12-5-2-3-7-13(12)18/h2-3,5,7,9-11H,4,6,8H2,1H3,(H,22,23)/t10-,11-/m1/s1. The van der Waals surface area contributed by atoms with Gasteiger partial charge in [-0.15, -0.1) is 11.3 Å². The molecule has 1 saturated heterocycles. The lowest BCUT2D eigenvalue weighted by Gasteiger charge is -2.37. The van der Waals surface area contributed by atoms with Crippen LogP contribution in [-0.4, -0.2) is 39.5 Å². The lowest BCUT2D eigenvalue weighted by atomic mass is 9.90. The molecule has 5 nitrogen and oxygen atoms in total.